The summed E-state index contributed by atoms with van der Waals surface area (Å²) in [5, 5.41) is 7.10. The molecule has 2 rings (SSSR count). The molecule has 0 aromatic heterocycles. The number of hydrogen-bond donors (Lipinski definition) is 2. The zero-order chi connectivity index (χ0) is 17.7. The first kappa shape index (κ1) is 22.8. The third kappa shape index (κ3) is 11.9. The van der Waals surface area contributed by atoms with E-state index in [0.29, 0.717) is 6.04 Å². The van der Waals surface area contributed by atoms with Crippen LogP contribution in [0.5, 0.6) is 0 Å². The van der Waals surface area contributed by atoms with Crippen LogP contribution in [0.4, 0.5) is 0 Å². The highest BCUT2D eigenvalue weighted by molar-refractivity contribution is 4.79. The van der Waals surface area contributed by atoms with Crippen LogP contribution in [-0.2, 0) is 0 Å². The number of nitrogens with zero attached hydrogens (tertiary/aromatic N) is 2. The molecule has 0 radical (unpaired) electrons. The molecule has 1 unspecified atom stereocenters. The van der Waals surface area contributed by atoms with Crippen molar-refractivity contribution in [1.82, 2.24) is 20.4 Å². The lowest BCUT2D eigenvalue weighted by molar-refractivity contribution is 0.235. The molecule has 4 nitrogen and oxygen atoms in total. The maximum Gasteiger partial charge on any atom is 0.0209 e. The minimum atomic E-state index is 0. The Bertz CT molecular complexity index is 257. The van der Waals surface area contributed by atoms with Crippen molar-refractivity contribution in [3.8, 4) is 0 Å². The van der Waals surface area contributed by atoms with E-state index in [0.717, 1.165) is 12.1 Å². The molecule has 2 heterocycles. The van der Waals surface area contributed by atoms with Gasteiger partial charge in [0.15, 0.2) is 0 Å². The van der Waals surface area contributed by atoms with Gasteiger partial charge in [-0.05, 0) is 66.0 Å². The summed E-state index contributed by atoms with van der Waals surface area (Å²) in [6.45, 7) is 16.8. The number of likely N-dealkylation sites (tertiary alicyclic amines) is 2. The first-order valence-electron chi connectivity index (χ1n) is 9.87. The number of hydrogen-bond acceptors (Lipinski definition) is 4. The fourth-order valence-corrected chi connectivity index (χ4v) is 3.10. The third-order valence-corrected chi connectivity index (χ3v) is 4.36. The Morgan fingerprint density at radius 2 is 1.48 bits per heavy atom. The van der Waals surface area contributed by atoms with Gasteiger partial charge < -0.3 is 20.4 Å². The maximum absolute atomic E-state index is 3.57. The zero-order valence-electron chi connectivity index (χ0n) is 17.0. The van der Waals surface area contributed by atoms with Gasteiger partial charge in [0.2, 0.25) is 0 Å². The first-order valence-corrected chi connectivity index (χ1v) is 9.87. The van der Waals surface area contributed by atoms with Gasteiger partial charge in [0.1, 0.15) is 0 Å². The summed E-state index contributed by atoms with van der Waals surface area (Å²) < 4.78 is 0. The maximum atomic E-state index is 3.57. The Morgan fingerprint density at radius 1 is 0.957 bits per heavy atom. The molecule has 4 heteroatoms. The average Bonchev–Trinajstić information content (AvgIpc) is 2.94. The summed E-state index contributed by atoms with van der Waals surface area (Å²) in [7, 11) is 4.39. The van der Waals surface area contributed by atoms with Crippen molar-refractivity contribution in [2.45, 2.75) is 78.4 Å². The van der Waals surface area contributed by atoms with Crippen LogP contribution in [-0.4, -0.2) is 74.7 Å². The van der Waals surface area contributed by atoms with Crippen LogP contribution < -0.4 is 10.6 Å². The highest BCUT2D eigenvalue weighted by Crippen LogP contribution is 2.07. The van der Waals surface area contributed by atoms with Gasteiger partial charge in [-0.3, -0.25) is 0 Å². The third-order valence-electron chi connectivity index (χ3n) is 4.36. The number of nitrogens with one attached hydrogen (secondary N) is 2. The van der Waals surface area contributed by atoms with Gasteiger partial charge in [-0.2, -0.15) is 0 Å². The lowest BCUT2D eigenvalue weighted by atomic mass is 10.1. The number of rotatable bonds is 5. The number of piperidine rings is 1. The molecule has 0 aromatic rings. The smallest absolute Gasteiger partial charge is 0.0209 e. The average molecular weight is 333 g/mol. The van der Waals surface area contributed by atoms with E-state index in [-0.39, 0.29) is 2.85 Å². The van der Waals surface area contributed by atoms with Crippen LogP contribution in [0, 0.1) is 0 Å². The Balaban J connectivity index is -0.000000329. The molecule has 144 valence electrons. The molecular formula is C19H48N4. The fourth-order valence-electron chi connectivity index (χ4n) is 3.10. The summed E-state index contributed by atoms with van der Waals surface area (Å²) >= 11 is 0. The van der Waals surface area contributed by atoms with Crippen molar-refractivity contribution in [1.29, 1.82) is 0 Å². The molecule has 2 saturated heterocycles. The van der Waals surface area contributed by atoms with E-state index in [4.69, 9.17) is 0 Å². The van der Waals surface area contributed by atoms with Gasteiger partial charge >= 0.3 is 0 Å². The molecule has 0 bridgehead atoms. The first-order chi connectivity index (χ1) is 11.0. The highest BCUT2D eigenvalue weighted by Gasteiger charge is 2.18. The lowest BCUT2D eigenvalue weighted by Crippen LogP contribution is -2.40. The normalized spacial score (nSPS) is 23.2. The molecule has 2 aliphatic heterocycles. The molecule has 1 atom stereocenters. The van der Waals surface area contributed by atoms with Crippen molar-refractivity contribution < 1.29 is 2.85 Å². The standard InChI is InChI=1S/C9H20N2.C8H18N2.C2H6.2H2/c1-3-6-10-9-4-7-11(2)8-5-9;1-7(2)9-8-4-5-10(3)6-8;1-2;;/h9-10H,3-8H2,1-2H3;7-9H,4-6H2,1-3H3;1-2H3;2*1H. The molecule has 0 aromatic carbocycles. The van der Waals surface area contributed by atoms with E-state index >= 15 is 0 Å². The number of likely N-dealkylation sites (N-methyl/N-ethyl adjacent to an activating group) is 1. The van der Waals surface area contributed by atoms with Crippen LogP contribution in [0.3, 0.4) is 0 Å². The van der Waals surface area contributed by atoms with Gasteiger partial charge in [0.25, 0.3) is 0 Å². The van der Waals surface area contributed by atoms with E-state index in [1.165, 1.54) is 58.4 Å². The van der Waals surface area contributed by atoms with E-state index in [1.54, 1.807) is 0 Å². The summed E-state index contributed by atoms with van der Waals surface area (Å²) in [5.74, 6) is 0. The van der Waals surface area contributed by atoms with Crippen LogP contribution >= 0.6 is 0 Å². The predicted molar refractivity (Wildman–Crippen MR) is 109 cm³/mol. The van der Waals surface area contributed by atoms with Crippen LogP contribution in [0.1, 0.15) is 63.2 Å². The Hall–Kier alpha value is -0.160. The van der Waals surface area contributed by atoms with Crippen molar-refractivity contribution in [3.05, 3.63) is 0 Å². The second-order valence-corrected chi connectivity index (χ2v) is 7.10. The Kier molecular flexibility index (Phi) is 14.1. The summed E-state index contributed by atoms with van der Waals surface area (Å²) in [4.78, 5) is 4.78. The van der Waals surface area contributed by atoms with E-state index < -0.39 is 0 Å². The summed E-state index contributed by atoms with van der Waals surface area (Å²) in [5.41, 5.74) is 0. The summed E-state index contributed by atoms with van der Waals surface area (Å²) in [6.07, 6.45) is 5.23. The Labute approximate surface area is 149 Å². The van der Waals surface area contributed by atoms with E-state index in [9.17, 15) is 0 Å². The monoisotopic (exact) mass is 332 g/mol. The van der Waals surface area contributed by atoms with Crippen LogP contribution in [0.15, 0.2) is 0 Å². The molecule has 2 fully saturated rings. The second kappa shape index (κ2) is 14.2. The zero-order valence-corrected chi connectivity index (χ0v) is 17.0. The van der Waals surface area contributed by atoms with Gasteiger partial charge in [-0.25, -0.2) is 0 Å². The van der Waals surface area contributed by atoms with Crippen molar-refractivity contribution in [2.24, 2.45) is 0 Å². The van der Waals surface area contributed by atoms with Crippen molar-refractivity contribution in [2.75, 3.05) is 46.8 Å². The molecule has 2 aliphatic rings. The van der Waals surface area contributed by atoms with Crippen LogP contribution in [0.25, 0.3) is 0 Å². The molecule has 23 heavy (non-hydrogen) atoms. The van der Waals surface area contributed by atoms with Crippen LogP contribution in [0.2, 0.25) is 0 Å². The molecule has 0 amide bonds. The second-order valence-electron chi connectivity index (χ2n) is 7.10. The van der Waals surface area contributed by atoms with Gasteiger partial charge in [-0.1, -0.05) is 34.6 Å². The minimum Gasteiger partial charge on any atom is -0.314 e. The Morgan fingerprint density at radius 3 is 1.91 bits per heavy atom. The van der Waals surface area contributed by atoms with Gasteiger partial charge in [-0.15, -0.1) is 0 Å². The van der Waals surface area contributed by atoms with Gasteiger partial charge in [0.05, 0.1) is 0 Å². The van der Waals surface area contributed by atoms with E-state index in [2.05, 4.69) is 55.3 Å². The minimum absolute atomic E-state index is 0. The SMILES string of the molecule is CC.CC(C)NC1CCN(C)C1.CCCNC1CCN(C)CC1.[HH].[HH]. The molecule has 0 saturated carbocycles. The highest BCUT2D eigenvalue weighted by atomic mass is 15.2. The van der Waals surface area contributed by atoms with E-state index in [1.807, 2.05) is 13.8 Å². The molecule has 0 aliphatic carbocycles. The quantitative estimate of drug-likeness (QED) is 0.809. The molecule has 2 N–H and O–H groups in total. The predicted octanol–water partition coefficient (Wildman–Crippen LogP) is 3.29. The fraction of sp³-hybridized carbons (Fsp3) is 1.00. The lowest BCUT2D eigenvalue weighted by Gasteiger charge is -2.29. The topological polar surface area (TPSA) is 30.5 Å². The molecular weight excluding hydrogens is 284 g/mol. The summed E-state index contributed by atoms with van der Waals surface area (Å²) in [6, 6.07) is 2.17. The van der Waals surface area contributed by atoms with Gasteiger partial charge in [0, 0.05) is 27.5 Å². The largest absolute Gasteiger partial charge is 0.314 e. The molecule has 0 spiro atoms. The van der Waals surface area contributed by atoms with Crippen molar-refractivity contribution in [3.63, 3.8) is 0 Å². The van der Waals surface area contributed by atoms with Crippen molar-refractivity contribution >= 4 is 0 Å².